The van der Waals surface area contributed by atoms with Gasteiger partial charge in [0.25, 0.3) is 0 Å². The highest BCUT2D eigenvalue weighted by Crippen LogP contribution is 2.43. The lowest BCUT2D eigenvalue weighted by molar-refractivity contribution is -0.144. The van der Waals surface area contributed by atoms with E-state index in [-0.39, 0.29) is 42.7 Å². The molecule has 0 radical (unpaired) electrons. The van der Waals surface area contributed by atoms with E-state index in [9.17, 15) is 61.1 Å². The van der Waals surface area contributed by atoms with Crippen LogP contribution in [0.5, 0.6) is 0 Å². The second-order valence-corrected chi connectivity index (χ2v) is 9.02. The van der Waals surface area contributed by atoms with E-state index >= 15 is 0 Å². The van der Waals surface area contributed by atoms with Crippen LogP contribution >= 0.6 is 0 Å². The summed E-state index contributed by atoms with van der Waals surface area (Å²) in [5, 5.41) is -2.70. The van der Waals surface area contributed by atoms with Crippen LogP contribution in [0.15, 0.2) is 36.4 Å². The second-order valence-electron chi connectivity index (χ2n) is 6.89. The molecule has 0 N–H and O–H groups in total. The molecule has 0 bridgehead atoms. The van der Waals surface area contributed by atoms with E-state index in [1.54, 1.807) is 0 Å². The zero-order chi connectivity index (χ0) is 25.8. The van der Waals surface area contributed by atoms with Crippen LogP contribution in [0.3, 0.4) is 0 Å². The highest BCUT2D eigenvalue weighted by molar-refractivity contribution is 7.91. The van der Waals surface area contributed by atoms with Crippen molar-refractivity contribution in [3.8, 4) is 0 Å². The number of hydrogen-bond acceptors (Lipinski definition) is 2. The molecule has 0 aliphatic rings. The number of benzene rings is 2. The summed E-state index contributed by atoms with van der Waals surface area (Å²) in [5.41, 5.74) is -10.6. The zero-order valence-corrected chi connectivity index (χ0v) is 16.6. The van der Waals surface area contributed by atoms with Crippen molar-refractivity contribution in [2.24, 2.45) is 0 Å². The molecule has 0 fully saturated rings. The quantitative estimate of drug-likeness (QED) is 0.415. The van der Waals surface area contributed by atoms with Crippen molar-refractivity contribution in [3.63, 3.8) is 0 Å². The van der Waals surface area contributed by atoms with Crippen molar-refractivity contribution in [1.82, 2.24) is 0 Å². The fraction of sp³-hybridized carbons (Fsp3) is 0.333. The largest absolute Gasteiger partial charge is 0.416 e. The molecule has 0 spiro atoms. The Bertz CT molecular complexity index is 999. The van der Waals surface area contributed by atoms with Crippen LogP contribution in [0.2, 0.25) is 0 Å². The van der Waals surface area contributed by atoms with Gasteiger partial charge in [-0.05, 0) is 47.5 Å². The molecule has 0 heterocycles. The number of rotatable bonds is 3. The van der Waals surface area contributed by atoms with Gasteiger partial charge in [-0.25, -0.2) is 8.42 Å². The molecule has 2 aromatic rings. The fourth-order valence-electron chi connectivity index (χ4n) is 2.95. The summed E-state index contributed by atoms with van der Waals surface area (Å²) < 4.78 is 182. The summed E-state index contributed by atoms with van der Waals surface area (Å²) >= 11 is 0. The molecule has 0 aromatic heterocycles. The average molecular weight is 518 g/mol. The maximum atomic E-state index is 13.1. The third-order valence-electron chi connectivity index (χ3n) is 4.25. The normalized spacial score (nSPS) is 14.1. The van der Waals surface area contributed by atoms with Crippen LogP contribution in [0.1, 0.15) is 38.6 Å². The monoisotopic (exact) mass is 518 g/mol. The SMILES string of the molecule is CS(=O)(=O)C(c1cc(C(F)(F)F)cc(C(F)(F)F)c1)c1cc(C(F)(F)F)cc(C(F)(F)F)c1. The van der Waals surface area contributed by atoms with E-state index in [4.69, 9.17) is 0 Å². The summed E-state index contributed by atoms with van der Waals surface area (Å²) in [5.74, 6) is 0. The lowest BCUT2D eigenvalue weighted by Crippen LogP contribution is -2.19. The van der Waals surface area contributed by atoms with Crippen molar-refractivity contribution < 1.29 is 61.1 Å². The topological polar surface area (TPSA) is 34.1 Å². The van der Waals surface area contributed by atoms with E-state index in [0.29, 0.717) is 0 Å². The predicted molar refractivity (Wildman–Crippen MR) is 89.6 cm³/mol. The molecule has 0 saturated heterocycles. The molecule has 0 amide bonds. The molecular weight excluding hydrogens is 508 g/mol. The van der Waals surface area contributed by atoms with Gasteiger partial charge in [0, 0.05) is 6.26 Å². The minimum absolute atomic E-state index is 0.0749. The average Bonchev–Trinajstić information content (AvgIpc) is 2.57. The third kappa shape index (κ3) is 6.32. The number of sulfone groups is 1. The molecule has 2 aromatic carbocycles. The minimum atomic E-state index is -5.44. The molecular formula is C18H10F12O2S. The standard InChI is InChI=1S/C18H10F12O2S/c1-33(31,32)14(8-2-10(15(19,20)21)6-11(3-8)16(22,23)24)9-4-12(17(25,26)27)7-13(5-9)18(28,29)30/h2-7,14H,1H3. The van der Waals surface area contributed by atoms with Gasteiger partial charge in [0.2, 0.25) is 0 Å². The summed E-state index contributed by atoms with van der Waals surface area (Å²) in [6, 6.07) is -1.03. The van der Waals surface area contributed by atoms with Gasteiger partial charge in [-0.3, -0.25) is 0 Å². The van der Waals surface area contributed by atoms with Crippen LogP contribution in [-0.4, -0.2) is 14.7 Å². The van der Waals surface area contributed by atoms with Crippen LogP contribution in [0.25, 0.3) is 0 Å². The Morgan fingerprint density at radius 1 is 0.515 bits per heavy atom. The maximum absolute atomic E-state index is 13.1. The van der Waals surface area contributed by atoms with Crippen molar-refractivity contribution in [3.05, 3.63) is 69.8 Å². The van der Waals surface area contributed by atoms with Gasteiger partial charge < -0.3 is 0 Å². The Hall–Kier alpha value is -2.45. The summed E-state index contributed by atoms with van der Waals surface area (Å²) in [7, 11) is -4.89. The van der Waals surface area contributed by atoms with Gasteiger partial charge in [0.15, 0.2) is 9.84 Å². The molecule has 15 heteroatoms. The van der Waals surface area contributed by atoms with Crippen LogP contribution in [0, 0.1) is 0 Å². The molecule has 2 rings (SSSR count). The Morgan fingerprint density at radius 2 is 0.727 bits per heavy atom. The first-order chi connectivity index (χ1) is 14.5. The first-order valence-electron chi connectivity index (χ1n) is 8.29. The van der Waals surface area contributed by atoms with Crippen LogP contribution in [0.4, 0.5) is 52.7 Å². The van der Waals surface area contributed by atoms with Gasteiger partial charge in [-0.15, -0.1) is 0 Å². The number of hydrogen-bond donors (Lipinski definition) is 0. The summed E-state index contributed by atoms with van der Waals surface area (Å²) in [4.78, 5) is 0. The predicted octanol–water partition coefficient (Wildman–Crippen LogP) is 6.90. The molecule has 2 nitrogen and oxygen atoms in total. The Morgan fingerprint density at radius 3 is 0.879 bits per heavy atom. The van der Waals surface area contributed by atoms with Crippen molar-refractivity contribution in [2.75, 3.05) is 6.26 Å². The molecule has 0 unspecified atom stereocenters. The Kier molecular flexibility index (Phi) is 6.57. The highest BCUT2D eigenvalue weighted by atomic mass is 32.2. The highest BCUT2D eigenvalue weighted by Gasteiger charge is 2.41. The molecule has 184 valence electrons. The van der Waals surface area contributed by atoms with Crippen molar-refractivity contribution in [1.29, 1.82) is 0 Å². The summed E-state index contributed by atoms with van der Waals surface area (Å²) in [6.07, 6.45) is -21.5. The van der Waals surface area contributed by atoms with Crippen molar-refractivity contribution >= 4 is 9.84 Å². The summed E-state index contributed by atoms with van der Waals surface area (Å²) in [6.45, 7) is 0. The van der Waals surface area contributed by atoms with Gasteiger partial charge in [0.05, 0.1) is 22.3 Å². The van der Waals surface area contributed by atoms with E-state index in [1.807, 2.05) is 0 Å². The van der Waals surface area contributed by atoms with Crippen LogP contribution < -0.4 is 0 Å². The van der Waals surface area contributed by atoms with E-state index in [1.165, 1.54) is 0 Å². The second kappa shape index (κ2) is 8.09. The Balaban J connectivity index is 2.96. The molecule has 0 saturated carbocycles. The van der Waals surface area contributed by atoms with Crippen LogP contribution in [-0.2, 0) is 34.5 Å². The van der Waals surface area contributed by atoms with Crippen molar-refractivity contribution in [2.45, 2.75) is 30.0 Å². The lowest BCUT2D eigenvalue weighted by Gasteiger charge is -2.22. The van der Waals surface area contributed by atoms with Gasteiger partial charge in [-0.1, -0.05) is 0 Å². The molecule has 33 heavy (non-hydrogen) atoms. The third-order valence-corrected chi connectivity index (χ3v) is 5.65. The van der Waals surface area contributed by atoms with E-state index < -0.39 is 73.2 Å². The number of alkyl halides is 12. The molecule has 0 aliphatic heterocycles. The zero-order valence-electron chi connectivity index (χ0n) is 15.8. The number of halogens is 12. The Labute approximate surface area is 177 Å². The van der Waals surface area contributed by atoms with Gasteiger partial charge in [-0.2, -0.15) is 52.7 Å². The maximum Gasteiger partial charge on any atom is 0.416 e. The molecule has 0 aliphatic carbocycles. The van der Waals surface area contributed by atoms with Gasteiger partial charge in [0.1, 0.15) is 5.25 Å². The lowest BCUT2D eigenvalue weighted by atomic mass is 9.95. The first kappa shape index (κ1) is 26.8. The van der Waals surface area contributed by atoms with E-state index in [0.717, 1.165) is 0 Å². The van der Waals surface area contributed by atoms with Gasteiger partial charge >= 0.3 is 24.7 Å². The minimum Gasteiger partial charge on any atom is -0.228 e. The van der Waals surface area contributed by atoms with E-state index in [2.05, 4.69) is 0 Å². The molecule has 0 atom stereocenters. The fourth-order valence-corrected chi connectivity index (χ4v) is 4.21. The smallest absolute Gasteiger partial charge is 0.228 e. The first-order valence-corrected chi connectivity index (χ1v) is 10.2.